The molecular formula is C16H31NO. The van der Waals surface area contributed by atoms with Crippen molar-refractivity contribution in [3.8, 4) is 0 Å². The van der Waals surface area contributed by atoms with Gasteiger partial charge in [-0.05, 0) is 39.5 Å². The maximum atomic E-state index is 12.2. The van der Waals surface area contributed by atoms with Gasteiger partial charge in [-0.15, -0.1) is 0 Å². The van der Waals surface area contributed by atoms with E-state index in [-0.39, 0.29) is 0 Å². The van der Waals surface area contributed by atoms with Crippen molar-refractivity contribution in [1.29, 1.82) is 0 Å². The van der Waals surface area contributed by atoms with Crippen LogP contribution >= 0.6 is 0 Å². The zero-order valence-corrected chi connectivity index (χ0v) is 12.6. The van der Waals surface area contributed by atoms with Crippen molar-refractivity contribution in [2.45, 2.75) is 97.1 Å². The number of piperidine rings is 1. The van der Waals surface area contributed by atoms with Crippen molar-refractivity contribution in [2.75, 3.05) is 0 Å². The summed E-state index contributed by atoms with van der Waals surface area (Å²) in [7, 11) is 0. The molecule has 2 heteroatoms. The molecule has 0 bridgehead atoms. The Hall–Kier alpha value is -0.530. The van der Waals surface area contributed by atoms with Crippen LogP contribution in [0.2, 0.25) is 0 Å². The first-order valence-corrected chi connectivity index (χ1v) is 7.98. The minimum absolute atomic E-state index is 0.394. The van der Waals surface area contributed by atoms with Crippen LogP contribution < -0.4 is 0 Å². The van der Waals surface area contributed by atoms with Crippen LogP contribution in [-0.4, -0.2) is 22.9 Å². The van der Waals surface area contributed by atoms with Crippen LogP contribution in [0.1, 0.15) is 85.0 Å². The van der Waals surface area contributed by atoms with Crippen molar-refractivity contribution < 1.29 is 4.79 Å². The molecule has 1 rings (SSSR count). The van der Waals surface area contributed by atoms with Crippen LogP contribution in [-0.2, 0) is 4.79 Å². The highest BCUT2D eigenvalue weighted by Crippen LogP contribution is 2.23. The third kappa shape index (κ3) is 4.99. The van der Waals surface area contributed by atoms with Gasteiger partial charge in [-0.25, -0.2) is 0 Å². The minimum Gasteiger partial charge on any atom is -0.337 e. The molecule has 1 aliphatic rings. The SMILES string of the molecule is CCCCCCCCC(=O)N1C(C)CCCC1C. The molecular weight excluding hydrogens is 222 g/mol. The second-order valence-electron chi connectivity index (χ2n) is 5.95. The molecule has 2 unspecified atom stereocenters. The third-order valence-corrected chi connectivity index (χ3v) is 4.23. The molecule has 1 fully saturated rings. The van der Waals surface area contributed by atoms with Gasteiger partial charge in [0.25, 0.3) is 0 Å². The van der Waals surface area contributed by atoms with Crippen LogP contribution in [0.25, 0.3) is 0 Å². The van der Waals surface area contributed by atoms with Crippen molar-refractivity contribution in [2.24, 2.45) is 0 Å². The van der Waals surface area contributed by atoms with E-state index in [1.165, 1.54) is 51.4 Å². The van der Waals surface area contributed by atoms with Gasteiger partial charge in [-0.2, -0.15) is 0 Å². The molecule has 0 aromatic heterocycles. The van der Waals surface area contributed by atoms with Crippen LogP contribution in [0.3, 0.4) is 0 Å². The summed E-state index contributed by atoms with van der Waals surface area (Å²) in [6.07, 6.45) is 12.0. The molecule has 1 amide bonds. The van der Waals surface area contributed by atoms with Gasteiger partial charge in [0.1, 0.15) is 0 Å². The van der Waals surface area contributed by atoms with E-state index in [1.807, 2.05) is 0 Å². The van der Waals surface area contributed by atoms with E-state index in [0.717, 1.165) is 12.8 Å². The van der Waals surface area contributed by atoms with Gasteiger partial charge in [0, 0.05) is 18.5 Å². The molecule has 106 valence electrons. The minimum atomic E-state index is 0.394. The van der Waals surface area contributed by atoms with Crippen LogP contribution in [0.15, 0.2) is 0 Å². The smallest absolute Gasteiger partial charge is 0.223 e. The summed E-state index contributed by atoms with van der Waals surface area (Å²) in [6.45, 7) is 6.65. The van der Waals surface area contributed by atoms with E-state index in [1.54, 1.807) is 0 Å². The maximum Gasteiger partial charge on any atom is 0.223 e. The van der Waals surface area contributed by atoms with E-state index in [2.05, 4.69) is 25.7 Å². The molecule has 0 aliphatic carbocycles. The van der Waals surface area contributed by atoms with Gasteiger partial charge in [0.05, 0.1) is 0 Å². The lowest BCUT2D eigenvalue weighted by molar-refractivity contribution is -0.137. The number of unbranched alkanes of at least 4 members (excludes halogenated alkanes) is 5. The van der Waals surface area contributed by atoms with E-state index in [9.17, 15) is 4.79 Å². The molecule has 18 heavy (non-hydrogen) atoms. The van der Waals surface area contributed by atoms with Crippen LogP contribution in [0.4, 0.5) is 0 Å². The normalized spacial score (nSPS) is 24.3. The quantitative estimate of drug-likeness (QED) is 0.611. The fraction of sp³-hybridized carbons (Fsp3) is 0.938. The maximum absolute atomic E-state index is 12.2. The van der Waals surface area contributed by atoms with E-state index in [4.69, 9.17) is 0 Å². The molecule has 0 radical (unpaired) electrons. The summed E-state index contributed by atoms with van der Waals surface area (Å²) in [6, 6.07) is 0.919. The fourth-order valence-electron chi connectivity index (χ4n) is 3.10. The van der Waals surface area contributed by atoms with Crippen LogP contribution in [0, 0.1) is 0 Å². The highest BCUT2D eigenvalue weighted by atomic mass is 16.2. The first-order chi connectivity index (χ1) is 8.66. The standard InChI is InChI=1S/C16H31NO/c1-4-5-6-7-8-9-13-16(18)17-14(2)11-10-12-15(17)3/h14-15H,4-13H2,1-3H3. The summed E-state index contributed by atoms with van der Waals surface area (Å²) in [5, 5.41) is 0. The molecule has 2 nitrogen and oxygen atoms in total. The predicted octanol–water partition coefficient (Wildman–Crippen LogP) is 4.53. The first-order valence-electron chi connectivity index (χ1n) is 7.98. The van der Waals surface area contributed by atoms with Gasteiger partial charge in [-0.1, -0.05) is 39.0 Å². The van der Waals surface area contributed by atoms with Gasteiger partial charge >= 0.3 is 0 Å². The third-order valence-electron chi connectivity index (χ3n) is 4.23. The average Bonchev–Trinajstić information content (AvgIpc) is 2.33. The Labute approximate surface area is 113 Å². The number of hydrogen-bond donors (Lipinski definition) is 0. The highest BCUT2D eigenvalue weighted by molar-refractivity contribution is 5.76. The van der Waals surface area contributed by atoms with Crippen molar-refractivity contribution >= 4 is 5.91 Å². The Balaban J connectivity index is 2.18. The van der Waals surface area contributed by atoms with Gasteiger partial charge in [0.15, 0.2) is 0 Å². The summed E-state index contributed by atoms with van der Waals surface area (Å²) < 4.78 is 0. The van der Waals surface area contributed by atoms with Crippen molar-refractivity contribution in [3.63, 3.8) is 0 Å². The Morgan fingerprint density at radius 2 is 1.56 bits per heavy atom. The van der Waals surface area contributed by atoms with Gasteiger partial charge < -0.3 is 4.90 Å². The van der Waals surface area contributed by atoms with Crippen molar-refractivity contribution in [3.05, 3.63) is 0 Å². The zero-order chi connectivity index (χ0) is 13.4. The topological polar surface area (TPSA) is 20.3 Å². The molecule has 1 heterocycles. The van der Waals surface area contributed by atoms with E-state index >= 15 is 0 Å². The lowest BCUT2D eigenvalue weighted by Gasteiger charge is -2.39. The summed E-state index contributed by atoms with van der Waals surface area (Å²) in [4.78, 5) is 14.4. The fourth-order valence-corrected chi connectivity index (χ4v) is 3.10. The molecule has 0 spiro atoms. The highest BCUT2D eigenvalue weighted by Gasteiger charge is 2.28. The molecule has 1 aliphatic heterocycles. The van der Waals surface area contributed by atoms with E-state index in [0.29, 0.717) is 18.0 Å². The summed E-state index contributed by atoms with van der Waals surface area (Å²) in [5.41, 5.74) is 0. The number of likely N-dealkylation sites (tertiary alicyclic amines) is 1. The molecule has 2 atom stereocenters. The zero-order valence-electron chi connectivity index (χ0n) is 12.6. The summed E-state index contributed by atoms with van der Waals surface area (Å²) in [5.74, 6) is 0.394. The molecule has 1 saturated heterocycles. The van der Waals surface area contributed by atoms with Crippen LogP contribution in [0.5, 0.6) is 0 Å². The van der Waals surface area contributed by atoms with Gasteiger partial charge in [-0.3, -0.25) is 4.79 Å². The Morgan fingerprint density at radius 1 is 1.00 bits per heavy atom. The monoisotopic (exact) mass is 253 g/mol. The number of rotatable bonds is 7. The first kappa shape index (κ1) is 15.5. The Morgan fingerprint density at radius 3 is 2.17 bits per heavy atom. The molecule has 0 aromatic carbocycles. The Kier molecular flexibility index (Phi) is 7.38. The number of hydrogen-bond acceptors (Lipinski definition) is 1. The van der Waals surface area contributed by atoms with Gasteiger partial charge in [0.2, 0.25) is 5.91 Å². The van der Waals surface area contributed by atoms with E-state index < -0.39 is 0 Å². The lowest BCUT2D eigenvalue weighted by atomic mass is 9.96. The second-order valence-corrected chi connectivity index (χ2v) is 5.95. The largest absolute Gasteiger partial charge is 0.337 e. The molecule has 0 saturated carbocycles. The van der Waals surface area contributed by atoms with Crippen molar-refractivity contribution in [1.82, 2.24) is 4.90 Å². The molecule has 0 aromatic rings. The average molecular weight is 253 g/mol. The molecule has 0 N–H and O–H groups in total. The number of carbonyl (C=O) groups is 1. The number of amides is 1. The summed E-state index contributed by atoms with van der Waals surface area (Å²) >= 11 is 0. The predicted molar refractivity (Wildman–Crippen MR) is 77.6 cm³/mol. The lowest BCUT2D eigenvalue weighted by Crippen LogP contribution is -2.47. The Bertz CT molecular complexity index is 229. The number of nitrogens with zero attached hydrogens (tertiary/aromatic N) is 1. The number of carbonyl (C=O) groups excluding carboxylic acids is 1. The second kappa shape index (κ2) is 8.55.